The topological polar surface area (TPSA) is 82.4 Å². The summed E-state index contributed by atoms with van der Waals surface area (Å²) in [5, 5.41) is 3.11. The molecular formula is C27H32F2N6O3. The molecule has 4 heterocycles. The van der Waals surface area contributed by atoms with Gasteiger partial charge in [-0.15, -0.1) is 0 Å². The number of fused-ring (bicyclic) bond motifs is 1. The third kappa shape index (κ3) is 5.34. The number of hydrogen-bond donors (Lipinski definition) is 1. The second kappa shape index (κ2) is 10.7. The van der Waals surface area contributed by atoms with E-state index in [0.717, 1.165) is 12.5 Å². The number of ether oxygens (including phenoxy) is 1. The Morgan fingerprint density at radius 1 is 1.11 bits per heavy atom. The van der Waals surface area contributed by atoms with E-state index in [4.69, 9.17) is 9.72 Å². The van der Waals surface area contributed by atoms with Gasteiger partial charge < -0.3 is 24.8 Å². The number of likely N-dealkylation sites (tertiary alicyclic amines) is 1. The van der Waals surface area contributed by atoms with Crippen molar-refractivity contribution in [3.63, 3.8) is 0 Å². The summed E-state index contributed by atoms with van der Waals surface area (Å²) in [5.74, 6) is -1.06. The Bertz CT molecular complexity index is 1390. The van der Waals surface area contributed by atoms with Crippen molar-refractivity contribution in [1.82, 2.24) is 19.2 Å². The van der Waals surface area contributed by atoms with E-state index in [-0.39, 0.29) is 23.2 Å². The number of amides is 1. The first kappa shape index (κ1) is 26.1. The van der Waals surface area contributed by atoms with Crippen molar-refractivity contribution in [2.75, 3.05) is 63.7 Å². The largest absolute Gasteiger partial charge is 0.378 e. The van der Waals surface area contributed by atoms with Gasteiger partial charge in [-0.05, 0) is 45.6 Å². The van der Waals surface area contributed by atoms with Crippen LogP contribution in [0.2, 0.25) is 0 Å². The molecule has 2 aromatic heterocycles. The first-order valence-electron chi connectivity index (χ1n) is 12.8. The van der Waals surface area contributed by atoms with Crippen molar-refractivity contribution in [3.8, 4) is 0 Å². The Morgan fingerprint density at radius 2 is 1.82 bits per heavy atom. The number of nitrogens with zero attached hydrogens (tertiary/aromatic N) is 5. The van der Waals surface area contributed by atoms with Gasteiger partial charge >= 0.3 is 0 Å². The molecule has 2 atom stereocenters. The highest BCUT2D eigenvalue weighted by Crippen LogP contribution is 2.27. The van der Waals surface area contributed by atoms with Crippen LogP contribution in [0.5, 0.6) is 0 Å². The Labute approximate surface area is 219 Å². The second-order valence-corrected chi connectivity index (χ2v) is 10.1. The van der Waals surface area contributed by atoms with Crippen molar-refractivity contribution < 1.29 is 18.3 Å². The molecular weight excluding hydrogens is 494 g/mol. The number of aromatic nitrogens is 2. The molecule has 202 valence electrons. The minimum absolute atomic E-state index is 0.175. The summed E-state index contributed by atoms with van der Waals surface area (Å²) >= 11 is 0. The highest BCUT2D eigenvalue weighted by atomic mass is 19.1. The zero-order valence-corrected chi connectivity index (χ0v) is 21.8. The third-order valence-electron chi connectivity index (χ3n) is 7.25. The van der Waals surface area contributed by atoms with Gasteiger partial charge in [0.2, 0.25) is 0 Å². The Kier molecular flexibility index (Phi) is 7.31. The lowest BCUT2D eigenvalue weighted by Gasteiger charge is -2.28. The van der Waals surface area contributed by atoms with Gasteiger partial charge in [0, 0.05) is 61.8 Å². The number of carbonyl (C=O) groups excluding carboxylic acids is 1. The summed E-state index contributed by atoms with van der Waals surface area (Å²) in [6.07, 6.45) is 2.41. The number of rotatable bonds is 6. The van der Waals surface area contributed by atoms with Crippen LogP contribution in [0.15, 0.2) is 41.3 Å². The first-order valence-corrected chi connectivity index (χ1v) is 12.8. The standard InChI is InChI=1S/C27H32F2N6O3/c1-17(30-21-12-19(28)11-20(29)13-21)23-10-18(27(37)34-5-4-22(16-34)32(2)3)15-35-25(36)14-24(31-26(23)35)33-6-8-38-9-7-33/h10-15,17,22,30H,4-9,16H2,1-3H3/t17?,22-/m0/s1. The molecule has 2 fully saturated rings. The van der Waals surface area contributed by atoms with E-state index in [1.807, 2.05) is 19.0 Å². The summed E-state index contributed by atoms with van der Waals surface area (Å²) in [5.41, 5.74) is 1.22. The summed E-state index contributed by atoms with van der Waals surface area (Å²) in [7, 11) is 3.99. The number of likely N-dealkylation sites (N-methyl/N-ethyl adjacent to an activating group) is 1. The van der Waals surface area contributed by atoms with E-state index in [2.05, 4.69) is 10.2 Å². The minimum atomic E-state index is -0.707. The average Bonchev–Trinajstić information content (AvgIpc) is 3.38. The van der Waals surface area contributed by atoms with Crippen LogP contribution >= 0.6 is 0 Å². The van der Waals surface area contributed by atoms with E-state index in [1.165, 1.54) is 28.8 Å². The zero-order chi connectivity index (χ0) is 27.0. The van der Waals surface area contributed by atoms with Crippen LogP contribution in [-0.4, -0.2) is 84.6 Å². The molecule has 0 radical (unpaired) electrons. The number of pyridine rings is 1. The van der Waals surface area contributed by atoms with E-state index >= 15 is 0 Å². The molecule has 0 aliphatic carbocycles. The maximum Gasteiger partial charge on any atom is 0.259 e. The van der Waals surface area contributed by atoms with E-state index in [1.54, 1.807) is 17.9 Å². The maximum absolute atomic E-state index is 13.9. The molecule has 11 heteroatoms. The Morgan fingerprint density at radius 3 is 2.47 bits per heavy atom. The lowest BCUT2D eigenvalue weighted by Crippen LogP contribution is -2.38. The average molecular weight is 527 g/mol. The molecule has 38 heavy (non-hydrogen) atoms. The quantitative estimate of drug-likeness (QED) is 0.529. The summed E-state index contributed by atoms with van der Waals surface area (Å²) in [6.45, 7) is 5.30. The fourth-order valence-electron chi connectivity index (χ4n) is 5.10. The molecule has 9 nitrogen and oxygen atoms in total. The SMILES string of the molecule is CC(Nc1cc(F)cc(F)c1)c1cc(C(=O)N2CC[C@H](N(C)C)C2)cn2c(=O)cc(N3CCOCC3)nc12. The number of hydrogen-bond acceptors (Lipinski definition) is 7. The Hall–Kier alpha value is -3.57. The molecule has 0 spiro atoms. The van der Waals surface area contributed by atoms with Gasteiger partial charge in [0.15, 0.2) is 0 Å². The first-order chi connectivity index (χ1) is 18.2. The molecule has 2 aliphatic heterocycles. The van der Waals surface area contributed by atoms with Crippen LogP contribution < -0.4 is 15.8 Å². The number of carbonyl (C=O) groups is 1. The molecule has 0 saturated carbocycles. The number of morpholine rings is 1. The lowest BCUT2D eigenvalue weighted by atomic mass is 10.1. The number of anilines is 2. The van der Waals surface area contributed by atoms with Crippen LogP contribution in [0.3, 0.4) is 0 Å². The van der Waals surface area contributed by atoms with Gasteiger partial charge in [-0.2, -0.15) is 0 Å². The molecule has 1 unspecified atom stereocenters. The number of halogens is 2. The van der Waals surface area contributed by atoms with Crippen LogP contribution in [0.25, 0.3) is 5.65 Å². The molecule has 2 aliphatic rings. The number of nitrogens with one attached hydrogen (secondary N) is 1. The molecule has 0 bridgehead atoms. The van der Waals surface area contributed by atoms with Crippen molar-refractivity contribution in [2.24, 2.45) is 0 Å². The van der Waals surface area contributed by atoms with Crippen LogP contribution in [-0.2, 0) is 4.74 Å². The van der Waals surface area contributed by atoms with Crippen molar-refractivity contribution in [2.45, 2.75) is 25.4 Å². The van der Waals surface area contributed by atoms with Crippen LogP contribution in [0.1, 0.15) is 35.3 Å². The fraction of sp³-hybridized carbons (Fsp3) is 0.444. The van der Waals surface area contributed by atoms with Crippen molar-refractivity contribution in [1.29, 1.82) is 0 Å². The summed E-state index contributed by atoms with van der Waals surface area (Å²) in [6, 6.07) is 6.12. The predicted octanol–water partition coefficient (Wildman–Crippen LogP) is 2.76. The normalized spacial score (nSPS) is 18.8. The zero-order valence-electron chi connectivity index (χ0n) is 21.8. The van der Waals surface area contributed by atoms with Gasteiger partial charge in [-0.3, -0.25) is 14.0 Å². The molecule has 1 aromatic carbocycles. The van der Waals surface area contributed by atoms with Gasteiger partial charge in [0.1, 0.15) is 23.1 Å². The molecule has 5 rings (SSSR count). The smallest absolute Gasteiger partial charge is 0.259 e. The van der Waals surface area contributed by atoms with Crippen molar-refractivity contribution in [3.05, 3.63) is 69.6 Å². The molecule has 3 aromatic rings. The van der Waals surface area contributed by atoms with Crippen LogP contribution in [0.4, 0.5) is 20.3 Å². The van der Waals surface area contributed by atoms with Gasteiger partial charge in [-0.1, -0.05) is 0 Å². The highest BCUT2D eigenvalue weighted by Gasteiger charge is 2.29. The maximum atomic E-state index is 13.9. The van der Waals surface area contributed by atoms with Crippen LogP contribution in [0, 0.1) is 11.6 Å². The summed E-state index contributed by atoms with van der Waals surface area (Å²) in [4.78, 5) is 37.5. The van der Waals surface area contributed by atoms with E-state index in [9.17, 15) is 18.4 Å². The van der Waals surface area contributed by atoms with Crippen molar-refractivity contribution >= 4 is 23.1 Å². The molecule has 1 N–H and O–H groups in total. The molecule has 2 saturated heterocycles. The second-order valence-electron chi connectivity index (χ2n) is 10.1. The number of benzene rings is 1. The van der Waals surface area contributed by atoms with Gasteiger partial charge in [0.05, 0.1) is 24.8 Å². The predicted molar refractivity (Wildman–Crippen MR) is 141 cm³/mol. The fourth-order valence-corrected chi connectivity index (χ4v) is 5.10. The monoisotopic (exact) mass is 526 g/mol. The third-order valence-corrected chi connectivity index (χ3v) is 7.25. The lowest BCUT2D eigenvalue weighted by molar-refractivity contribution is 0.0782. The minimum Gasteiger partial charge on any atom is -0.378 e. The van der Waals surface area contributed by atoms with E-state index < -0.39 is 17.7 Å². The van der Waals surface area contributed by atoms with Gasteiger partial charge in [0.25, 0.3) is 11.5 Å². The highest BCUT2D eigenvalue weighted by molar-refractivity contribution is 5.95. The Balaban J connectivity index is 1.58. The summed E-state index contributed by atoms with van der Waals surface area (Å²) < 4.78 is 34.6. The van der Waals surface area contributed by atoms with Gasteiger partial charge in [-0.25, -0.2) is 13.8 Å². The van der Waals surface area contributed by atoms with E-state index in [0.29, 0.717) is 62.0 Å². The molecule has 1 amide bonds.